The highest BCUT2D eigenvalue weighted by atomic mass is 35.5. The maximum atomic E-state index is 12.9. The molecular formula is C16H18ClFN2. The molecule has 0 aliphatic heterocycles. The maximum absolute atomic E-state index is 12.9. The molecule has 2 N–H and O–H groups in total. The summed E-state index contributed by atoms with van der Waals surface area (Å²) in [5.74, 6) is -0.222. The van der Waals surface area contributed by atoms with Gasteiger partial charge < -0.3 is 10.6 Å². The van der Waals surface area contributed by atoms with E-state index in [0.29, 0.717) is 11.6 Å². The van der Waals surface area contributed by atoms with Crippen LogP contribution >= 0.6 is 11.6 Å². The number of nitrogens with zero attached hydrogens (tertiary/aromatic N) is 1. The van der Waals surface area contributed by atoms with Crippen molar-refractivity contribution >= 4 is 17.3 Å². The minimum atomic E-state index is -0.222. The van der Waals surface area contributed by atoms with Crippen LogP contribution in [0.3, 0.4) is 0 Å². The molecule has 0 saturated carbocycles. The first-order valence-electron chi connectivity index (χ1n) is 6.48. The Morgan fingerprint density at radius 3 is 2.40 bits per heavy atom. The highest BCUT2D eigenvalue weighted by Crippen LogP contribution is 2.27. The smallest absolute Gasteiger partial charge is 0.123 e. The zero-order chi connectivity index (χ0) is 14.7. The third-order valence-corrected chi connectivity index (χ3v) is 3.58. The standard InChI is InChI=1S/C16H18ClFN2/c1-11(19)15-8-7-14(9-16(15)17)20(2)10-12-3-5-13(18)6-4-12/h3-9,11H,10,19H2,1-2H3. The summed E-state index contributed by atoms with van der Waals surface area (Å²) in [6, 6.07) is 12.3. The van der Waals surface area contributed by atoms with E-state index in [-0.39, 0.29) is 11.9 Å². The molecule has 1 atom stereocenters. The number of anilines is 1. The average molecular weight is 293 g/mol. The van der Waals surface area contributed by atoms with Gasteiger partial charge in [0.2, 0.25) is 0 Å². The molecule has 0 saturated heterocycles. The van der Waals surface area contributed by atoms with Crippen molar-refractivity contribution in [1.82, 2.24) is 0 Å². The van der Waals surface area contributed by atoms with Crippen LogP contribution < -0.4 is 10.6 Å². The number of benzene rings is 2. The number of nitrogens with two attached hydrogens (primary N) is 1. The van der Waals surface area contributed by atoms with Crippen molar-refractivity contribution in [2.24, 2.45) is 5.73 Å². The highest BCUT2D eigenvalue weighted by molar-refractivity contribution is 6.31. The van der Waals surface area contributed by atoms with Gasteiger partial charge in [-0.25, -0.2) is 4.39 Å². The summed E-state index contributed by atoms with van der Waals surface area (Å²) >= 11 is 6.24. The van der Waals surface area contributed by atoms with Crippen molar-refractivity contribution in [3.05, 3.63) is 64.4 Å². The Hall–Kier alpha value is -1.58. The van der Waals surface area contributed by atoms with Crippen LogP contribution in [0.4, 0.5) is 10.1 Å². The van der Waals surface area contributed by atoms with Crippen LogP contribution in [0.25, 0.3) is 0 Å². The third kappa shape index (κ3) is 3.50. The fourth-order valence-corrected chi connectivity index (χ4v) is 2.42. The van der Waals surface area contributed by atoms with E-state index in [1.54, 1.807) is 12.1 Å². The van der Waals surface area contributed by atoms with Crippen molar-refractivity contribution in [2.75, 3.05) is 11.9 Å². The molecule has 0 aliphatic rings. The minimum absolute atomic E-state index is 0.0843. The molecule has 0 aromatic heterocycles. The lowest BCUT2D eigenvalue weighted by Crippen LogP contribution is -2.16. The van der Waals surface area contributed by atoms with Gasteiger partial charge in [-0.05, 0) is 42.3 Å². The van der Waals surface area contributed by atoms with Gasteiger partial charge in [-0.2, -0.15) is 0 Å². The van der Waals surface area contributed by atoms with Gasteiger partial charge in [-0.15, -0.1) is 0 Å². The van der Waals surface area contributed by atoms with Crippen LogP contribution in [-0.4, -0.2) is 7.05 Å². The molecule has 4 heteroatoms. The summed E-state index contributed by atoms with van der Waals surface area (Å²) in [7, 11) is 1.97. The van der Waals surface area contributed by atoms with Gasteiger partial charge in [0.1, 0.15) is 5.82 Å². The molecule has 106 valence electrons. The van der Waals surface area contributed by atoms with E-state index < -0.39 is 0 Å². The quantitative estimate of drug-likeness (QED) is 0.918. The molecular weight excluding hydrogens is 275 g/mol. The normalized spacial score (nSPS) is 12.2. The Kier molecular flexibility index (Phi) is 4.63. The summed E-state index contributed by atoms with van der Waals surface area (Å²) in [5, 5.41) is 0.670. The largest absolute Gasteiger partial charge is 0.370 e. The van der Waals surface area contributed by atoms with Gasteiger partial charge in [0.15, 0.2) is 0 Å². The summed E-state index contributed by atoms with van der Waals surface area (Å²) in [5.41, 5.74) is 8.83. The Morgan fingerprint density at radius 2 is 1.85 bits per heavy atom. The second-order valence-corrected chi connectivity index (χ2v) is 5.38. The number of rotatable bonds is 4. The predicted octanol–water partition coefficient (Wildman–Crippen LogP) is 4.14. The number of halogens is 2. The van der Waals surface area contributed by atoms with E-state index >= 15 is 0 Å². The number of hydrogen-bond donors (Lipinski definition) is 1. The maximum Gasteiger partial charge on any atom is 0.123 e. The first-order chi connectivity index (χ1) is 9.47. The second-order valence-electron chi connectivity index (χ2n) is 4.98. The lowest BCUT2D eigenvalue weighted by atomic mass is 10.1. The van der Waals surface area contributed by atoms with Crippen LogP contribution in [0.15, 0.2) is 42.5 Å². The van der Waals surface area contributed by atoms with Crippen LogP contribution in [0.5, 0.6) is 0 Å². The van der Waals surface area contributed by atoms with E-state index in [2.05, 4.69) is 4.90 Å². The molecule has 0 aliphatic carbocycles. The fraction of sp³-hybridized carbons (Fsp3) is 0.250. The SMILES string of the molecule is CC(N)c1ccc(N(C)Cc2ccc(F)cc2)cc1Cl. The van der Waals surface area contributed by atoms with Gasteiger partial charge in [-0.3, -0.25) is 0 Å². The van der Waals surface area contributed by atoms with E-state index in [4.69, 9.17) is 17.3 Å². The van der Waals surface area contributed by atoms with E-state index in [9.17, 15) is 4.39 Å². The Bertz CT molecular complexity index is 582. The van der Waals surface area contributed by atoms with Gasteiger partial charge >= 0.3 is 0 Å². The van der Waals surface area contributed by atoms with Crippen LogP contribution in [0.2, 0.25) is 5.02 Å². The van der Waals surface area contributed by atoms with Gasteiger partial charge in [0.05, 0.1) is 0 Å². The Labute approximate surface area is 124 Å². The van der Waals surface area contributed by atoms with Crippen molar-refractivity contribution in [3.63, 3.8) is 0 Å². The van der Waals surface area contributed by atoms with Crippen LogP contribution in [-0.2, 0) is 6.54 Å². The van der Waals surface area contributed by atoms with E-state index in [0.717, 1.165) is 16.8 Å². The summed E-state index contributed by atoms with van der Waals surface area (Å²) in [4.78, 5) is 2.06. The van der Waals surface area contributed by atoms with E-state index in [1.165, 1.54) is 12.1 Å². The third-order valence-electron chi connectivity index (χ3n) is 3.25. The van der Waals surface area contributed by atoms with Crippen LogP contribution in [0, 0.1) is 5.82 Å². The second kappa shape index (κ2) is 6.25. The first kappa shape index (κ1) is 14.8. The molecule has 20 heavy (non-hydrogen) atoms. The van der Waals surface area contributed by atoms with E-state index in [1.807, 2.05) is 32.2 Å². The molecule has 0 fully saturated rings. The molecule has 0 spiro atoms. The topological polar surface area (TPSA) is 29.3 Å². The molecule has 0 amide bonds. The number of hydrogen-bond acceptors (Lipinski definition) is 2. The van der Waals surface area contributed by atoms with Crippen molar-refractivity contribution in [2.45, 2.75) is 19.5 Å². The molecule has 2 aromatic carbocycles. The van der Waals surface area contributed by atoms with Gasteiger partial charge in [0.25, 0.3) is 0 Å². The fourth-order valence-electron chi connectivity index (χ4n) is 2.08. The molecule has 2 aromatic rings. The van der Waals surface area contributed by atoms with Crippen molar-refractivity contribution in [3.8, 4) is 0 Å². The van der Waals surface area contributed by atoms with Gasteiger partial charge in [0, 0.05) is 30.3 Å². The molecule has 2 rings (SSSR count). The van der Waals surface area contributed by atoms with Crippen LogP contribution in [0.1, 0.15) is 24.1 Å². The molecule has 0 bridgehead atoms. The van der Waals surface area contributed by atoms with Crippen molar-refractivity contribution < 1.29 is 4.39 Å². The summed E-state index contributed by atoms with van der Waals surface area (Å²) in [6.07, 6.45) is 0. The Balaban J connectivity index is 2.15. The lowest BCUT2D eigenvalue weighted by Gasteiger charge is -2.21. The molecule has 1 unspecified atom stereocenters. The predicted molar refractivity (Wildman–Crippen MR) is 82.6 cm³/mol. The minimum Gasteiger partial charge on any atom is -0.370 e. The van der Waals surface area contributed by atoms with Gasteiger partial charge in [-0.1, -0.05) is 29.8 Å². The first-order valence-corrected chi connectivity index (χ1v) is 6.86. The molecule has 0 heterocycles. The molecule has 0 radical (unpaired) electrons. The lowest BCUT2D eigenvalue weighted by molar-refractivity contribution is 0.627. The summed E-state index contributed by atoms with van der Waals surface area (Å²) in [6.45, 7) is 2.59. The Morgan fingerprint density at radius 1 is 1.20 bits per heavy atom. The molecule has 2 nitrogen and oxygen atoms in total. The zero-order valence-corrected chi connectivity index (χ0v) is 12.4. The zero-order valence-electron chi connectivity index (χ0n) is 11.6. The summed E-state index contributed by atoms with van der Waals surface area (Å²) < 4.78 is 12.9. The monoisotopic (exact) mass is 292 g/mol. The average Bonchev–Trinajstić information content (AvgIpc) is 2.40. The highest BCUT2D eigenvalue weighted by Gasteiger charge is 2.08. The van der Waals surface area contributed by atoms with Crippen molar-refractivity contribution in [1.29, 1.82) is 0 Å².